The van der Waals surface area contributed by atoms with E-state index in [1.54, 1.807) is 0 Å². The second-order valence-electron chi connectivity index (χ2n) is 4.94. The van der Waals surface area contributed by atoms with Gasteiger partial charge >= 0.3 is 0 Å². The average molecular weight is 250 g/mol. The van der Waals surface area contributed by atoms with Crippen LogP contribution in [0.25, 0.3) is 6.08 Å². The molecule has 1 unspecified atom stereocenters. The maximum atomic E-state index is 6.02. The van der Waals surface area contributed by atoms with Gasteiger partial charge in [0.2, 0.25) is 0 Å². The zero-order chi connectivity index (χ0) is 12.9. The molecule has 0 bridgehead atoms. The molecule has 0 aromatic heterocycles. The highest BCUT2D eigenvalue weighted by molar-refractivity contribution is 5.48. The van der Waals surface area contributed by atoms with Gasteiger partial charge in [0.05, 0.1) is 0 Å². The van der Waals surface area contributed by atoms with Crippen molar-refractivity contribution in [1.29, 1.82) is 0 Å². The zero-order valence-electron chi connectivity index (χ0n) is 11.0. The van der Waals surface area contributed by atoms with E-state index in [1.807, 2.05) is 12.1 Å². The largest absolute Gasteiger partial charge is 0.490 e. The van der Waals surface area contributed by atoms with Crippen LogP contribution in [0.15, 0.2) is 60.7 Å². The Bertz CT molecular complexity index is 557. The van der Waals surface area contributed by atoms with E-state index in [4.69, 9.17) is 4.74 Å². The number of para-hydroxylation sites is 1. The van der Waals surface area contributed by atoms with Crippen LogP contribution in [-0.4, -0.2) is 6.10 Å². The van der Waals surface area contributed by atoms with Crippen molar-refractivity contribution in [2.24, 2.45) is 0 Å². The Hall–Kier alpha value is -2.02. The highest BCUT2D eigenvalue weighted by Crippen LogP contribution is 2.28. The van der Waals surface area contributed by atoms with Gasteiger partial charge in [-0.1, -0.05) is 60.7 Å². The van der Waals surface area contributed by atoms with Crippen molar-refractivity contribution in [3.8, 4) is 5.75 Å². The lowest BCUT2D eigenvalue weighted by atomic mass is 10.0. The first kappa shape index (κ1) is 12.0. The summed E-state index contributed by atoms with van der Waals surface area (Å²) in [6.45, 7) is 0. The Morgan fingerprint density at radius 2 is 1.79 bits per heavy atom. The summed E-state index contributed by atoms with van der Waals surface area (Å²) < 4.78 is 6.02. The van der Waals surface area contributed by atoms with E-state index in [-0.39, 0.29) is 0 Å². The summed E-state index contributed by atoms with van der Waals surface area (Å²) in [6, 6.07) is 18.8. The molecule has 1 atom stereocenters. The average Bonchev–Trinajstić information content (AvgIpc) is 2.48. The minimum atomic E-state index is 0.315. The van der Waals surface area contributed by atoms with Crippen LogP contribution in [-0.2, 0) is 6.42 Å². The molecule has 1 heterocycles. The third-order valence-electron chi connectivity index (χ3n) is 3.51. The number of fused-ring (bicyclic) bond motifs is 1. The van der Waals surface area contributed by atoms with Gasteiger partial charge in [-0.3, -0.25) is 0 Å². The third kappa shape index (κ3) is 3.05. The smallest absolute Gasteiger partial charge is 0.122 e. The van der Waals surface area contributed by atoms with E-state index >= 15 is 0 Å². The molecule has 1 aliphatic rings. The van der Waals surface area contributed by atoms with E-state index in [0.717, 1.165) is 25.0 Å². The van der Waals surface area contributed by atoms with Crippen LogP contribution in [0.4, 0.5) is 0 Å². The predicted octanol–water partition coefficient (Wildman–Crippen LogP) is 4.48. The van der Waals surface area contributed by atoms with Crippen LogP contribution < -0.4 is 4.74 Å². The summed E-state index contributed by atoms with van der Waals surface area (Å²) in [5, 5.41) is 0. The number of ether oxygens (including phenoxy) is 1. The topological polar surface area (TPSA) is 9.23 Å². The van der Waals surface area contributed by atoms with Gasteiger partial charge in [0.1, 0.15) is 11.9 Å². The van der Waals surface area contributed by atoms with Gasteiger partial charge in [-0.05, 0) is 30.0 Å². The summed E-state index contributed by atoms with van der Waals surface area (Å²) in [5.74, 6) is 1.06. The lowest BCUT2D eigenvalue weighted by Gasteiger charge is -2.25. The molecule has 1 nitrogen and oxygen atoms in total. The van der Waals surface area contributed by atoms with Crippen LogP contribution >= 0.6 is 0 Å². The van der Waals surface area contributed by atoms with Crippen LogP contribution in [0.3, 0.4) is 0 Å². The summed E-state index contributed by atoms with van der Waals surface area (Å²) in [6.07, 6.45) is 7.91. The van der Waals surface area contributed by atoms with Crippen molar-refractivity contribution in [2.75, 3.05) is 0 Å². The quantitative estimate of drug-likeness (QED) is 0.780. The fourth-order valence-electron chi connectivity index (χ4n) is 2.47. The third-order valence-corrected chi connectivity index (χ3v) is 3.51. The molecule has 0 aliphatic carbocycles. The predicted molar refractivity (Wildman–Crippen MR) is 79.3 cm³/mol. The van der Waals surface area contributed by atoms with Crippen molar-refractivity contribution in [1.82, 2.24) is 0 Å². The first-order valence-corrected chi connectivity index (χ1v) is 6.88. The lowest BCUT2D eigenvalue weighted by Crippen LogP contribution is -2.21. The van der Waals surface area contributed by atoms with Crippen molar-refractivity contribution >= 4 is 6.08 Å². The van der Waals surface area contributed by atoms with Crippen molar-refractivity contribution in [2.45, 2.75) is 25.4 Å². The van der Waals surface area contributed by atoms with Gasteiger partial charge in [-0.2, -0.15) is 0 Å². The standard InChI is InChI=1S/C18H18O/c1-2-7-15(8-3-1)9-6-11-17-14-13-16-10-4-5-12-18(16)19-17/h1-10,12,17H,11,13-14H2. The highest BCUT2D eigenvalue weighted by atomic mass is 16.5. The van der Waals surface area contributed by atoms with Crippen LogP contribution in [0.5, 0.6) is 5.75 Å². The molecule has 2 aromatic rings. The summed E-state index contributed by atoms with van der Waals surface area (Å²) in [5.41, 5.74) is 2.59. The van der Waals surface area contributed by atoms with Crippen LogP contribution in [0.2, 0.25) is 0 Å². The first-order chi connectivity index (χ1) is 9.42. The van der Waals surface area contributed by atoms with E-state index in [1.165, 1.54) is 11.1 Å². The maximum Gasteiger partial charge on any atom is 0.122 e. The van der Waals surface area contributed by atoms with Crippen molar-refractivity contribution < 1.29 is 4.74 Å². The Kier molecular flexibility index (Phi) is 3.64. The van der Waals surface area contributed by atoms with Gasteiger partial charge in [0.25, 0.3) is 0 Å². The second-order valence-corrected chi connectivity index (χ2v) is 4.94. The van der Waals surface area contributed by atoms with E-state index in [2.05, 4.69) is 54.6 Å². The fraction of sp³-hybridized carbons (Fsp3) is 0.222. The summed E-state index contributed by atoms with van der Waals surface area (Å²) in [4.78, 5) is 0. The fourth-order valence-corrected chi connectivity index (χ4v) is 2.47. The van der Waals surface area contributed by atoms with E-state index in [9.17, 15) is 0 Å². The number of rotatable bonds is 3. The van der Waals surface area contributed by atoms with Crippen molar-refractivity contribution in [3.63, 3.8) is 0 Å². The van der Waals surface area contributed by atoms with Gasteiger partial charge in [0.15, 0.2) is 0 Å². The molecule has 0 saturated carbocycles. The molecule has 0 spiro atoms. The van der Waals surface area contributed by atoms with Gasteiger partial charge < -0.3 is 4.74 Å². The molecule has 96 valence electrons. The molecule has 0 saturated heterocycles. The van der Waals surface area contributed by atoms with Gasteiger partial charge in [-0.25, -0.2) is 0 Å². The first-order valence-electron chi connectivity index (χ1n) is 6.88. The Labute approximate surface area is 114 Å². The van der Waals surface area contributed by atoms with Gasteiger partial charge in [0, 0.05) is 6.42 Å². The number of benzene rings is 2. The summed E-state index contributed by atoms with van der Waals surface area (Å²) >= 11 is 0. The van der Waals surface area contributed by atoms with Gasteiger partial charge in [-0.15, -0.1) is 0 Å². The Balaban J connectivity index is 1.59. The van der Waals surface area contributed by atoms with Crippen molar-refractivity contribution in [3.05, 3.63) is 71.8 Å². The minimum Gasteiger partial charge on any atom is -0.490 e. The molecule has 0 N–H and O–H groups in total. The number of aryl methyl sites for hydroxylation is 1. The highest BCUT2D eigenvalue weighted by Gasteiger charge is 2.17. The molecule has 0 amide bonds. The minimum absolute atomic E-state index is 0.315. The SMILES string of the molecule is C(=Cc1ccccc1)CC1CCc2ccccc2O1. The lowest BCUT2D eigenvalue weighted by molar-refractivity contribution is 0.177. The van der Waals surface area contributed by atoms with E-state index < -0.39 is 0 Å². The number of hydrogen-bond acceptors (Lipinski definition) is 1. The van der Waals surface area contributed by atoms with E-state index in [0.29, 0.717) is 6.10 Å². The zero-order valence-corrected chi connectivity index (χ0v) is 11.0. The summed E-state index contributed by atoms with van der Waals surface area (Å²) in [7, 11) is 0. The molecule has 19 heavy (non-hydrogen) atoms. The Morgan fingerprint density at radius 1 is 1.00 bits per heavy atom. The molecular weight excluding hydrogens is 232 g/mol. The molecule has 0 radical (unpaired) electrons. The molecule has 1 heteroatoms. The number of hydrogen-bond donors (Lipinski definition) is 0. The van der Waals surface area contributed by atoms with Crippen LogP contribution in [0.1, 0.15) is 24.0 Å². The normalized spacial score (nSPS) is 18.0. The molecule has 2 aromatic carbocycles. The molecular formula is C18H18O. The maximum absolute atomic E-state index is 6.02. The second kappa shape index (κ2) is 5.75. The molecule has 3 rings (SSSR count). The molecule has 0 fully saturated rings. The monoisotopic (exact) mass is 250 g/mol. The molecule has 1 aliphatic heterocycles. The Morgan fingerprint density at radius 3 is 2.68 bits per heavy atom. The van der Waals surface area contributed by atoms with Crippen LogP contribution in [0, 0.1) is 0 Å².